The molecular formula is C51H30N4OS. The average molecular weight is 747 g/mol. The molecule has 0 aliphatic heterocycles. The van der Waals surface area contributed by atoms with Crippen molar-refractivity contribution in [1.82, 2.24) is 19.5 Å². The van der Waals surface area contributed by atoms with Crippen LogP contribution in [-0.4, -0.2) is 19.5 Å². The number of aromatic nitrogens is 4. The van der Waals surface area contributed by atoms with E-state index < -0.39 is 0 Å². The molecule has 57 heavy (non-hydrogen) atoms. The molecule has 8 aromatic carbocycles. The van der Waals surface area contributed by atoms with Crippen molar-refractivity contribution in [2.75, 3.05) is 0 Å². The molecule has 12 rings (SSSR count). The number of thiophene rings is 1. The number of benzene rings is 8. The Bertz CT molecular complexity index is 3420. The van der Waals surface area contributed by atoms with Gasteiger partial charge in [0.2, 0.25) is 0 Å². The molecule has 0 spiro atoms. The maximum absolute atomic E-state index is 6.74. The van der Waals surface area contributed by atoms with E-state index in [0.717, 1.165) is 49.8 Å². The van der Waals surface area contributed by atoms with Crippen LogP contribution < -0.4 is 0 Å². The Kier molecular flexibility index (Phi) is 7.03. The van der Waals surface area contributed by atoms with Gasteiger partial charge in [0, 0.05) is 58.5 Å². The molecule has 0 saturated carbocycles. The molecule has 0 bridgehead atoms. The van der Waals surface area contributed by atoms with E-state index in [-0.39, 0.29) is 0 Å². The summed E-state index contributed by atoms with van der Waals surface area (Å²) in [5.41, 5.74) is 10.1. The first-order valence-electron chi connectivity index (χ1n) is 19.0. The van der Waals surface area contributed by atoms with Crippen LogP contribution in [0.15, 0.2) is 186 Å². The standard InChI is InChI=1S/C51H30N4OS/c1-3-12-31(13-4-1)49-52-50(32-14-5-2-6-15-32)54-51(53-49)41-19-11-18-40-38-25-22-33(28-45(38)56-48(40)41)34-23-26-39-42-30-35(24-27-46(42)57-47(39)29-34)55-43-20-9-7-16-36(43)37-17-8-10-21-44(37)55/h1-30H. The van der Waals surface area contributed by atoms with Gasteiger partial charge in [-0.3, -0.25) is 0 Å². The Morgan fingerprint density at radius 2 is 0.982 bits per heavy atom. The van der Waals surface area contributed by atoms with E-state index in [1.165, 1.54) is 47.7 Å². The van der Waals surface area contributed by atoms with Gasteiger partial charge in [-0.25, -0.2) is 15.0 Å². The number of hydrogen-bond acceptors (Lipinski definition) is 5. The predicted molar refractivity (Wildman–Crippen MR) is 236 cm³/mol. The van der Waals surface area contributed by atoms with Gasteiger partial charge in [0.25, 0.3) is 0 Å². The fraction of sp³-hybridized carbons (Fsp3) is 0. The van der Waals surface area contributed by atoms with E-state index in [1.807, 2.05) is 78.1 Å². The molecule has 12 aromatic rings. The molecule has 0 aliphatic carbocycles. The molecule has 4 aromatic heterocycles. The first-order chi connectivity index (χ1) is 28.2. The lowest BCUT2D eigenvalue weighted by Gasteiger charge is -2.08. The highest BCUT2D eigenvalue weighted by molar-refractivity contribution is 7.25. The van der Waals surface area contributed by atoms with Crippen molar-refractivity contribution < 1.29 is 4.42 Å². The smallest absolute Gasteiger partial charge is 0.167 e. The Morgan fingerprint density at radius 3 is 1.68 bits per heavy atom. The summed E-state index contributed by atoms with van der Waals surface area (Å²) in [6.45, 7) is 0. The normalized spacial score (nSPS) is 11.9. The van der Waals surface area contributed by atoms with Crippen LogP contribution in [0.25, 0.3) is 115 Å². The molecule has 5 nitrogen and oxygen atoms in total. The van der Waals surface area contributed by atoms with E-state index in [9.17, 15) is 0 Å². The van der Waals surface area contributed by atoms with Crippen molar-refractivity contribution in [2.24, 2.45) is 0 Å². The molecule has 0 saturated heterocycles. The van der Waals surface area contributed by atoms with Crippen molar-refractivity contribution in [3.05, 3.63) is 182 Å². The molecule has 4 heterocycles. The molecule has 0 atom stereocenters. The fourth-order valence-electron chi connectivity index (χ4n) is 8.37. The lowest BCUT2D eigenvalue weighted by atomic mass is 10.0. The fourth-order valence-corrected chi connectivity index (χ4v) is 9.49. The van der Waals surface area contributed by atoms with Gasteiger partial charge in [0.15, 0.2) is 17.5 Å². The van der Waals surface area contributed by atoms with Gasteiger partial charge in [0.1, 0.15) is 11.2 Å². The maximum atomic E-state index is 6.74. The Balaban J connectivity index is 0.952. The highest BCUT2D eigenvalue weighted by Gasteiger charge is 2.19. The highest BCUT2D eigenvalue weighted by atomic mass is 32.1. The summed E-state index contributed by atoms with van der Waals surface area (Å²) in [4.78, 5) is 14.9. The van der Waals surface area contributed by atoms with Gasteiger partial charge in [-0.15, -0.1) is 11.3 Å². The number of fused-ring (bicyclic) bond motifs is 9. The highest BCUT2D eigenvalue weighted by Crippen LogP contribution is 2.41. The number of furan rings is 1. The summed E-state index contributed by atoms with van der Waals surface area (Å²) in [5.74, 6) is 1.81. The van der Waals surface area contributed by atoms with E-state index in [0.29, 0.717) is 17.5 Å². The average Bonchev–Trinajstić information content (AvgIpc) is 3.95. The molecule has 0 fully saturated rings. The third-order valence-corrected chi connectivity index (χ3v) is 12.2. The summed E-state index contributed by atoms with van der Waals surface area (Å²) >= 11 is 1.84. The molecule has 0 unspecified atom stereocenters. The summed E-state index contributed by atoms with van der Waals surface area (Å²) in [5, 5.41) is 7.15. The molecule has 6 heteroatoms. The van der Waals surface area contributed by atoms with Crippen molar-refractivity contribution >= 4 is 75.3 Å². The van der Waals surface area contributed by atoms with Crippen LogP contribution in [0.3, 0.4) is 0 Å². The first-order valence-corrected chi connectivity index (χ1v) is 19.8. The van der Waals surface area contributed by atoms with Crippen LogP contribution in [0, 0.1) is 0 Å². The third-order valence-electron chi connectivity index (χ3n) is 11.1. The topological polar surface area (TPSA) is 56.7 Å². The SMILES string of the molecule is c1ccc(-c2nc(-c3ccccc3)nc(-c3cccc4c3oc3cc(-c5ccc6c(c5)sc5ccc(-n7c8ccccc8c8ccccc87)cc56)ccc34)n2)cc1. The Morgan fingerprint density at radius 1 is 0.386 bits per heavy atom. The van der Waals surface area contributed by atoms with Crippen molar-refractivity contribution in [3.63, 3.8) is 0 Å². The number of para-hydroxylation sites is 3. The molecule has 0 radical (unpaired) electrons. The van der Waals surface area contributed by atoms with Crippen LogP contribution in [0.5, 0.6) is 0 Å². The van der Waals surface area contributed by atoms with E-state index in [1.54, 1.807) is 0 Å². The van der Waals surface area contributed by atoms with Crippen LogP contribution in [0.4, 0.5) is 0 Å². The summed E-state index contributed by atoms with van der Waals surface area (Å²) < 4.78 is 11.7. The molecular weight excluding hydrogens is 717 g/mol. The zero-order valence-electron chi connectivity index (χ0n) is 30.4. The van der Waals surface area contributed by atoms with Crippen molar-refractivity contribution in [3.8, 4) is 51.0 Å². The van der Waals surface area contributed by atoms with Crippen LogP contribution in [-0.2, 0) is 0 Å². The molecule has 0 amide bonds. The molecule has 0 aliphatic rings. The van der Waals surface area contributed by atoms with E-state index in [4.69, 9.17) is 19.4 Å². The molecule has 0 N–H and O–H groups in total. The van der Waals surface area contributed by atoms with Gasteiger partial charge in [-0.1, -0.05) is 127 Å². The summed E-state index contributed by atoms with van der Waals surface area (Å²) in [6.07, 6.45) is 0. The zero-order valence-corrected chi connectivity index (χ0v) is 31.2. The van der Waals surface area contributed by atoms with E-state index >= 15 is 0 Å². The second-order valence-electron chi connectivity index (χ2n) is 14.4. The monoisotopic (exact) mass is 746 g/mol. The van der Waals surface area contributed by atoms with Gasteiger partial charge in [-0.05, 0) is 65.7 Å². The maximum Gasteiger partial charge on any atom is 0.167 e. The largest absolute Gasteiger partial charge is 0.455 e. The quantitative estimate of drug-likeness (QED) is 0.176. The van der Waals surface area contributed by atoms with Crippen molar-refractivity contribution in [2.45, 2.75) is 0 Å². The number of nitrogens with zero attached hydrogens (tertiary/aromatic N) is 4. The van der Waals surface area contributed by atoms with Gasteiger partial charge in [0.05, 0.1) is 16.6 Å². The minimum Gasteiger partial charge on any atom is -0.455 e. The van der Waals surface area contributed by atoms with Crippen LogP contribution in [0.2, 0.25) is 0 Å². The Hall–Kier alpha value is -7.41. The summed E-state index contributed by atoms with van der Waals surface area (Å²) in [7, 11) is 0. The summed E-state index contributed by atoms with van der Waals surface area (Å²) in [6, 6.07) is 63.9. The molecule has 266 valence electrons. The van der Waals surface area contributed by atoms with Gasteiger partial charge in [-0.2, -0.15) is 0 Å². The van der Waals surface area contributed by atoms with Crippen LogP contribution >= 0.6 is 11.3 Å². The third kappa shape index (κ3) is 5.12. The lowest BCUT2D eigenvalue weighted by molar-refractivity contribution is 0.669. The second-order valence-corrected chi connectivity index (χ2v) is 15.5. The second kappa shape index (κ2) is 12.6. The van der Waals surface area contributed by atoms with Gasteiger partial charge >= 0.3 is 0 Å². The van der Waals surface area contributed by atoms with Crippen molar-refractivity contribution in [1.29, 1.82) is 0 Å². The number of hydrogen-bond donors (Lipinski definition) is 0. The minimum atomic E-state index is 0.573. The number of rotatable bonds is 5. The van der Waals surface area contributed by atoms with Gasteiger partial charge < -0.3 is 8.98 Å². The zero-order chi connectivity index (χ0) is 37.5. The first kappa shape index (κ1) is 31.9. The van der Waals surface area contributed by atoms with Crippen LogP contribution in [0.1, 0.15) is 0 Å². The predicted octanol–water partition coefficient (Wildman–Crippen LogP) is 13.9. The lowest BCUT2D eigenvalue weighted by Crippen LogP contribution is -2.00. The Labute approximate surface area is 330 Å². The minimum absolute atomic E-state index is 0.573. The van der Waals surface area contributed by atoms with E-state index in [2.05, 4.69) is 120 Å².